The number of sulfonamides is 2. The summed E-state index contributed by atoms with van der Waals surface area (Å²) in [6, 6.07) is 9.51. The lowest BCUT2D eigenvalue weighted by atomic mass is 10.2. The molecule has 12 heteroatoms. The largest absolute Gasteiger partial charge is 0.281 e. The fraction of sp³-hybridized carbons (Fsp3) is 0.133. The molecular formula is C15H14F2IN3O4S2. The monoisotopic (exact) mass is 529 g/mol. The zero-order chi connectivity index (χ0) is 20.8. The van der Waals surface area contributed by atoms with Crippen LogP contribution in [0.1, 0.15) is 5.56 Å². The van der Waals surface area contributed by atoms with Gasteiger partial charge in [-0.05, 0) is 59.0 Å². The van der Waals surface area contributed by atoms with Gasteiger partial charge in [0.05, 0.1) is 35.5 Å². The van der Waals surface area contributed by atoms with E-state index < -0.39 is 31.7 Å². The first-order valence-corrected chi connectivity index (χ1v) is 11.8. The molecule has 2 rings (SSSR count). The number of halogens is 3. The molecule has 27 heavy (non-hydrogen) atoms. The fourth-order valence-electron chi connectivity index (χ4n) is 1.64. The Bertz CT molecular complexity index is 1080. The zero-order valence-electron chi connectivity index (χ0n) is 14.0. The van der Waals surface area contributed by atoms with Crippen molar-refractivity contribution in [2.24, 2.45) is 0 Å². The van der Waals surface area contributed by atoms with Gasteiger partial charge in [-0.2, -0.15) is 5.26 Å². The highest BCUT2D eigenvalue weighted by molar-refractivity contribution is 14.1. The van der Waals surface area contributed by atoms with Gasteiger partial charge in [0, 0.05) is 3.57 Å². The van der Waals surface area contributed by atoms with Crippen LogP contribution in [0.15, 0.2) is 36.4 Å². The molecular weight excluding hydrogens is 515 g/mol. The number of anilines is 2. The molecule has 146 valence electrons. The predicted octanol–water partition coefficient (Wildman–Crippen LogP) is 2.87. The van der Waals surface area contributed by atoms with Crippen LogP contribution in [0, 0.1) is 26.5 Å². The maximum Gasteiger partial charge on any atom is 0.229 e. The van der Waals surface area contributed by atoms with Crippen molar-refractivity contribution >= 4 is 54.0 Å². The van der Waals surface area contributed by atoms with E-state index in [1.54, 1.807) is 12.1 Å². The van der Waals surface area contributed by atoms with E-state index in [9.17, 15) is 25.6 Å². The van der Waals surface area contributed by atoms with Gasteiger partial charge in [-0.25, -0.2) is 25.6 Å². The smallest absolute Gasteiger partial charge is 0.229 e. The molecule has 0 bridgehead atoms. The van der Waals surface area contributed by atoms with Gasteiger partial charge in [-0.3, -0.25) is 9.44 Å². The molecule has 2 aromatic rings. The van der Waals surface area contributed by atoms with E-state index in [0.29, 0.717) is 3.57 Å². The Balaban J connectivity index is 0.000000271. The zero-order valence-corrected chi connectivity index (χ0v) is 17.8. The number of rotatable bonds is 4. The fourth-order valence-corrected chi connectivity index (χ4v) is 3.22. The van der Waals surface area contributed by atoms with E-state index in [-0.39, 0.29) is 16.9 Å². The number of nitrogens with zero attached hydrogens (tertiary/aromatic N) is 1. The molecule has 0 fully saturated rings. The third-order valence-electron chi connectivity index (χ3n) is 2.62. The van der Waals surface area contributed by atoms with Crippen LogP contribution in [-0.4, -0.2) is 29.3 Å². The quantitative estimate of drug-likeness (QED) is 0.592. The first-order chi connectivity index (χ1) is 12.3. The molecule has 0 atom stereocenters. The van der Waals surface area contributed by atoms with Crippen molar-refractivity contribution in [3.63, 3.8) is 0 Å². The van der Waals surface area contributed by atoms with Gasteiger partial charge in [-0.1, -0.05) is 0 Å². The summed E-state index contributed by atoms with van der Waals surface area (Å²) in [4.78, 5) is 0. The molecule has 0 aliphatic heterocycles. The Hall–Kier alpha value is -1.98. The molecule has 0 saturated carbocycles. The SMILES string of the molecule is CS(=O)(=O)Nc1ccc(C#N)cc1F.CS(=O)(=O)Nc1ccc(I)cc1F. The number of hydrogen-bond acceptors (Lipinski definition) is 5. The predicted molar refractivity (Wildman–Crippen MR) is 107 cm³/mol. The van der Waals surface area contributed by atoms with Gasteiger partial charge >= 0.3 is 0 Å². The van der Waals surface area contributed by atoms with Gasteiger partial charge in [-0.15, -0.1) is 0 Å². The minimum Gasteiger partial charge on any atom is -0.281 e. The maximum atomic E-state index is 13.1. The molecule has 0 heterocycles. The first kappa shape index (κ1) is 23.1. The van der Waals surface area contributed by atoms with Crippen LogP contribution in [0.25, 0.3) is 0 Å². The molecule has 7 nitrogen and oxygen atoms in total. The summed E-state index contributed by atoms with van der Waals surface area (Å²) >= 11 is 1.94. The van der Waals surface area contributed by atoms with E-state index >= 15 is 0 Å². The van der Waals surface area contributed by atoms with Crippen LogP contribution in [0.4, 0.5) is 20.2 Å². The number of hydrogen-bond donors (Lipinski definition) is 2. The lowest BCUT2D eigenvalue weighted by Gasteiger charge is -2.04. The molecule has 0 saturated heterocycles. The van der Waals surface area contributed by atoms with Crippen molar-refractivity contribution in [3.8, 4) is 6.07 Å². The Kier molecular flexibility index (Phi) is 7.93. The Labute approximate surface area is 169 Å². The molecule has 0 unspecified atom stereocenters. The van der Waals surface area contributed by atoms with E-state index in [0.717, 1.165) is 18.6 Å². The van der Waals surface area contributed by atoms with Crippen LogP contribution in [-0.2, 0) is 20.0 Å². The Morgan fingerprint density at radius 2 is 1.33 bits per heavy atom. The topological polar surface area (TPSA) is 116 Å². The summed E-state index contributed by atoms with van der Waals surface area (Å²) in [7, 11) is -6.90. The van der Waals surface area contributed by atoms with E-state index in [2.05, 4.69) is 4.72 Å². The van der Waals surface area contributed by atoms with Crippen LogP contribution in [0.2, 0.25) is 0 Å². The lowest BCUT2D eigenvalue weighted by molar-refractivity contribution is 0.602. The Morgan fingerprint density at radius 1 is 0.889 bits per heavy atom. The number of benzene rings is 2. The minimum atomic E-state index is -3.49. The normalized spacial score (nSPS) is 11.0. The highest BCUT2D eigenvalue weighted by atomic mass is 127. The second kappa shape index (κ2) is 9.29. The summed E-state index contributed by atoms with van der Waals surface area (Å²) in [6.07, 6.45) is 1.90. The number of nitrogens with one attached hydrogen (secondary N) is 2. The molecule has 0 aliphatic rings. The van der Waals surface area contributed by atoms with Crippen LogP contribution >= 0.6 is 22.6 Å². The highest BCUT2D eigenvalue weighted by Gasteiger charge is 2.08. The van der Waals surface area contributed by atoms with Gasteiger partial charge < -0.3 is 0 Å². The van der Waals surface area contributed by atoms with Gasteiger partial charge in [0.1, 0.15) is 11.6 Å². The second-order valence-corrected chi connectivity index (χ2v) is 9.92. The minimum absolute atomic E-state index is 0.0251. The van der Waals surface area contributed by atoms with Crippen LogP contribution < -0.4 is 9.44 Å². The maximum absolute atomic E-state index is 13.1. The summed E-state index contributed by atoms with van der Waals surface area (Å²) in [6.45, 7) is 0. The first-order valence-electron chi connectivity index (χ1n) is 6.91. The lowest BCUT2D eigenvalue weighted by Crippen LogP contribution is -2.10. The van der Waals surface area contributed by atoms with Crippen LogP contribution in [0.5, 0.6) is 0 Å². The van der Waals surface area contributed by atoms with Crippen molar-refractivity contribution in [3.05, 3.63) is 57.2 Å². The van der Waals surface area contributed by atoms with Crippen molar-refractivity contribution in [2.75, 3.05) is 22.0 Å². The van der Waals surface area contributed by atoms with Gasteiger partial charge in [0.25, 0.3) is 0 Å². The molecule has 0 spiro atoms. The molecule has 0 aromatic heterocycles. The average Bonchev–Trinajstić information content (AvgIpc) is 2.50. The summed E-state index contributed by atoms with van der Waals surface area (Å²) in [5, 5.41) is 8.43. The standard InChI is InChI=1S/C8H7FN2O2S.C7H7FINO2S/c1-14(12,13)11-8-3-2-6(5-10)4-7(8)9;1-13(11,12)10-7-3-2-5(9)4-6(7)8/h2-4,11H,1H3;2-4,10H,1H3. The number of nitriles is 1. The van der Waals surface area contributed by atoms with Crippen LogP contribution in [0.3, 0.4) is 0 Å². The van der Waals surface area contributed by atoms with Gasteiger partial charge in [0.2, 0.25) is 20.0 Å². The molecule has 0 radical (unpaired) electrons. The average molecular weight is 529 g/mol. The highest BCUT2D eigenvalue weighted by Crippen LogP contribution is 2.18. The van der Waals surface area contributed by atoms with E-state index in [1.807, 2.05) is 27.3 Å². The Morgan fingerprint density at radius 3 is 1.70 bits per heavy atom. The van der Waals surface area contributed by atoms with E-state index in [1.165, 1.54) is 24.3 Å². The summed E-state index contributed by atoms with van der Waals surface area (Å²) in [5.41, 5.74) is -0.0454. The summed E-state index contributed by atoms with van der Waals surface area (Å²) in [5.74, 6) is -1.34. The third-order valence-corrected chi connectivity index (χ3v) is 4.47. The van der Waals surface area contributed by atoms with Gasteiger partial charge in [0.15, 0.2) is 0 Å². The van der Waals surface area contributed by atoms with E-state index in [4.69, 9.17) is 5.26 Å². The van der Waals surface area contributed by atoms with Crippen molar-refractivity contribution < 1.29 is 25.6 Å². The van der Waals surface area contributed by atoms with Crippen molar-refractivity contribution in [2.45, 2.75) is 0 Å². The molecule has 0 aliphatic carbocycles. The molecule has 2 N–H and O–H groups in total. The summed E-state index contributed by atoms with van der Waals surface area (Å²) < 4.78 is 74.0. The molecule has 2 aromatic carbocycles. The molecule has 0 amide bonds. The van der Waals surface area contributed by atoms with Crippen molar-refractivity contribution in [1.29, 1.82) is 5.26 Å². The van der Waals surface area contributed by atoms with Crippen molar-refractivity contribution in [1.82, 2.24) is 0 Å². The second-order valence-electron chi connectivity index (χ2n) is 5.18. The third kappa shape index (κ3) is 8.98.